The topological polar surface area (TPSA) is 111 Å². The van der Waals surface area contributed by atoms with Gasteiger partial charge in [-0.2, -0.15) is 4.98 Å². The third-order valence-electron chi connectivity index (χ3n) is 5.89. The second-order valence-electron chi connectivity index (χ2n) is 8.49. The van der Waals surface area contributed by atoms with Gasteiger partial charge in [0.1, 0.15) is 5.02 Å². The Hall–Kier alpha value is -2.14. The Kier molecular flexibility index (Phi) is 7.04. The lowest BCUT2D eigenvalue weighted by Crippen LogP contribution is -2.48. The smallest absolute Gasteiger partial charge is 0.229 e. The zero-order valence-corrected chi connectivity index (χ0v) is 19.9. The number of halogens is 1. The molecule has 1 aliphatic carbocycles. The maximum absolute atomic E-state index is 11.8. The summed E-state index contributed by atoms with van der Waals surface area (Å²) in [4.78, 5) is 11.1. The van der Waals surface area contributed by atoms with Gasteiger partial charge in [0.05, 0.1) is 12.5 Å². The number of aromatic nitrogens is 2. The van der Waals surface area contributed by atoms with E-state index in [4.69, 9.17) is 11.6 Å². The highest BCUT2D eigenvalue weighted by Crippen LogP contribution is 2.29. The molecule has 0 bridgehead atoms. The van der Waals surface area contributed by atoms with Crippen molar-refractivity contribution in [1.29, 1.82) is 0 Å². The summed E-state index contributed by atoms with van der Waals surface area (Å²) in [6, 6.07) is 5.92. The van der Waals surface area contributed by atoms with Crippen LogP contribution in [0.5, 0.6) is 0 Å². The molecule has 2 aromatic rings. The minimum Gasteiger partial charge on any atom is -0.373 e. The van der Waals surface area contributed by atoms with Crippen molar-refractivity contribution in [2.24, 2.45) is 0 Å². The number of hydrogen-bond acceptors (Lipinski definition) is 8. The maximum Gasteiger partial charge on any atom is 0.229 e. The molecule has 1 aliphatic heterocycles. The van der Waals surface area contributed by atoms with Crippen LogP contribution < -0.4 is 25.6 Å². The van der Waals surface area contributed by atoms with E-state index in [0.717, 1.165) is 51.0 Å². The molecular weight excluding hydrogens is 450 g/mol. The number of likely N-dealkylation sites (N-methyl/N-ethyl adjacent to an activating group) is 1. The molecule has 2 heterocycles. The van der Waals surface area contributed by atoms with E-state index in [9.17, 15) is 8.42 Å². The molecule has 11 heteroatoms. The first-order valence-electron chi connectivity index (χ1n) is 10.9. The van der Waals surface area contributed by atoms with Crippen molar-refractivity contribution >= 4 is 44.8 Å². The number of hydrogen-bond donors (Lipinski definition) is 4. The summed E-state index contributed by atoms with van der Waals surface area (Å²) >= 11 is 6.36. The standard InChI is InChI=1S/C21H30ClN7O2S/c1-29-10-9-23-12-14-7-8-15(11-19(14)29)25-21-24-13-16(22)20(27-21)26-17-5-3-4-6-18(17)28-32(2,30)31/h7-8,11,13,17-18,23,28H,3-6,9-10,12H2,1-2H3,(H2,24,25,26,27). The SMILES string of the molecule is CN1CCNCc2ccc(Nc3ncc(Cl)c(NC4CCCCC4NS(C)(=O)=O)n3)cc21. The van der Waals surface area contributed by atoms with E-state index in [2.05, 4.69) is 54.7 Å². The number of fused-ring (bicyclic) bond motifs is 1. The van der Waals surface area contributed by atoms with Crippen LogP contribution in [0.1, 0.15) is 31.2 Å². The van der Waals surface area contributed by atoms with Crippen molar-refractivity contribution in [1.82, 2.24) is 20.0 Å². The largest absolute Gasteiger partial charge is 0.373 e. The summed E-state index contributed by atoms with van der Waals surface area (Å²) in [5.74, 6) is 0.919. The highest BCUT2D eigenvalue weighted by Gasteiger charge is 2.28. The highest BCUT2D eigenvalue weighted by molar-refractivity contribution is 7.88. The van der Waals surface area contributed by atoms with Gasteiger partial charge >= 0.3 is 0 Å². The molecule has 32 heavy (non-hydrogen) atoms. The minimum atomic E-state index is -3.30. The van der Waals surface area contributed by atoms with Crippen LogP contribution >= 0.6 is 11.6 Å². The number of benzene rings is 1. The van der Waals surface area contributed by atoms with E-state index in [1.165, 1.54) is 17.5 Å². The summed E-state index contributed by atoms with van der Waals surface area (Å²) in [5.41, 5.74) is 3.31. The van der Waals surface area contributed by atoms with Crippen LogP contribution in [0.25, 0.3) is 0 Å². The van der Waals surface area contributed by atoms with E-state index in [1.54, 1.807) is 6.20 Å². The molecule has 1 aromatic heterocycles. The van der Waals surface area contributed by atoms with Crippen molar-refractivity contribution in [3.8, 4) is 0 Å². The average molecular weight is 480 g/mol. The van der Waals surface area contributed by atoms with Crippen molar-refractivity contribution in [3.63, 3.8) is 0 Å². The Bertz CT molecular complexity index is 1070. The second kappa shape index (κ2) is 9.78. The second-order valence-corrected chi connectivity index (χ2v) is 10.7. The van der Waals surface area contributed by atoms with Gasteiger partial charge in [0.2, 0.25) is 16.0 Å². The number of rotatable bonds is 6. The van der Waals surface area contributed by atoms with Crippen molar-refractivity contribution < 1.29 is 8.42 Å². The lowest BCUT2D eigenvalue weighted by atomic mass is 9.91. The number of anilines is 4. The van der Waals surface area contributed by atoms with Crippen LogP contribution in [-0.4, -0.2) is 56.9 Å². The molecular formula is C21H30ClN7O2S. The Morgan fingerprint density at radius 2 is 2.00 bits per heavy atom. The molecule has 0 radical (unpaired) electrons. The quantitative estimate of drug-likeness (QED) is 0.500. The summed E-state index contributed by atoms with van der Waals surface area (Å²) in [5, 5.41) is 10.4. The first-order valence-corrected chi connectivity index (χ1v) is 13.1. The van der Waals surface area contributed by atoms with Crippen LogP contribution in [0, 0.1) is 0 Å². The van der Waals surface area contributed by atoms with Gasteiger partial charge in [-0.1, -0.05) is 30.5 Å². The van der Waals surface area contributed by atoms with E-state index in [1.807, 2.05) is 6.07 Å². The van der Waals surface area contributed by atoms with Gasteiger partial charge in [-0.15, -0.1) is 0 Å². The van der Waals surface area contributed by atoms with Gasteiger partial charge in [0.15, 0.2) is 5.82 Å². The molecule has 9 nitrogen and oxygen atoms in total. The molecule has 174 valence electrons. The fourth-order valence-electron chi connectivity index (χ4n) is 4.29. The zero-order valence-electron chi connectivity index (χ0n) is 18.4. The summed E-state index contributed by atoms with van der Waals surface area (Å²) < 4.78 is 26.3. The fraction of sp³-hybridized carbons (Fsp3) is 0.524. The molecule has 1 saturated carbocycles. The molecule has 0 saturated heterocycles. The van der Waals surface area contributed by atoms with E-state index in [-0.39, 0.29) is 12.1 Å². The molecule has 1 fully saturated rings. The van der Waals surface area contributed by atoms with Crippen molar-refractivity contribution in [2.45, 2.75) is 44.3 Å². The first kappa shape index (κ1) is 23.0. The van der Waals surface area contributed by atoms with Crippen LogP contribution in [0.3, 0.4) is 0 Å². The monoisotopic (exact) mass is 479 g/mol. The Morgan fingerprint density at radius 3 is 2.78 bits per heavy atom. The van der Waals surface area contributed by atoms with E-state index < -0.39 is 10.0 Å². The van der Waals surface area contributed by atoms with Crippen LogP contribution in [0.4, 0.5) is 23.1 Å². The highest BCUT2D eigenvalue weighted by atomic mass is 35.5. The van der Waals surface area contributed by atoms with Gasteiger partial charge in [-0.3, -0.25) is 0 Å². The minimum absolute atomic E-state index is 0.0904. The third-order valence-corrected chi connectivity index (χ3v) is 6.90. The van der Waals surface area contributed by atoms with Gasteiger partial charge in [0, 0.05) is 50.1 Å². The van der Waals surface area contributed by atoms with Gasteiger partial charge < -0.3 is 20.9 Å². The average Bonchev–Trinajstić information content (AvgIpc) is 2.92. The van der Waals surface area contributed by atoms with Gasteiger partial charge in [0.25, 0.3) is 0 Å². The molecule has 2 unspecified atom stereocenters. The van der Waals surface area contributed by atoms with E-state index in [0.29, 0.717) is 16.8 Å². The predicted molar refractivity (Wildman–Crippen MR) is 129 cm³/mol. The number of sulfonamides is 1. The normalized spacial score (nSPS) is 21.5. The summed E-state index contributed by atoms with van der Waals surface area (Å²) in [6.45, 7) is 2.72. The zero-order chi connectivity index (χ0) is 22.7. The number of nitrogens with one attached hydrogen (secondary N) is 4. The van der Waals surface area contributed by atoms with E-state index >= 15 is 0 Å². The molecule has 4 rings (SSSR count). The maximum atomic E-state index is 11.8. The summed E-state index contributed by atoms with van der Waals surface area (Å²) in [6.07, 6.45) is 6.35. The summed E-state index contributed by atoms with van der Waals surface area (Å²) in [7, 11) is -1.21. The predicted octanol–water partition coefficient (Wildman–Crippen LogP) is 2.69. The molecule has 0 amide bonds. The Labute approximate surface area is 194 Å². The lowest BCUT2D eigenvalue weighted by molar-refractivity contribution is 0.379. The molecule has 0 spiro atoms. The molecule has 4 N–H and O–H groups in total. The Balaban J connectivity index is 1.52. The van der Waals surface area contributed by atoms with Crippen molar-refractivity contribution in [2.75, 3.05) is 41.9 Å². The molecule has 1 aromatic carbocycles. The molecule has 2 aliphatic rings. The Morgan fingerprint density at radius 1 is 1.22 bits per heavy atom. The van der Waals surface area contributed by atoms with Crippen LogP contribution in [0.15, 0.2) is 24.4 Å². The van der Waals surface area contributed by atoms with Crippen LogP contribution in [0.2, 0.25) is 5.02 Å². The number of nitrogens with zero attached hydrogens (tertiary/aromatic N) is 3. The molecule has 2 atom stereocenters. The van der Waals surface area contributed by atoms with Gasteiger partial charge in [-0.05, 0) is 30.5 Å². The fourth-order valence-corrected chi connectivity index (χ4v) is 5.27. The van der Waals surface area contributed by atoms with Gasteiger partial charge in [-0.25, -0.2) is 18.1 Å². The van der Waals surface area contributed by atoms with Crippen LogP contribution in [-0.2, 0) is 16.6 Å². The lowest BCUT2D eigenvalue weighted by Gasteiger charge is -2.32. The first-order chi connectivity index (χ1) is 15.3. The third kappa shape index (κ3) is 5.80. The van der Waals surface area contributed by atoms with Crippen molar-refractivity contribution in [3.05, 3.63) is 35.0 Å².